The molecule has 0 spiro atoms. The van der Waals surface area contributed by atoms with Gasteiger partial charge in [-0.25, -0.2) is 0 Å². The Morgan fingerprint density at radius 3 is 2.50 bits per heavy atom. The number of aryl methyl sites for hydroxylation is 1. The first-order valence-electron chi connectivity index (χ1n) is 5.90. The number of benzene rings is 1. The van der Waals surface area contributed by atoms with Crippen molar-refractivity contribution in [1.29, 1.82) is 0 Å². The summed E-state index contributed by atoms with van der Waals surface area (Å²) in [6.07, 6.45) is 0. The zero-order valence-corrected chi connectivity index (χ0v) is 11.1. The molecule has 1 aromatic carbocycles. The van der Waals surface area contributed by atoms with Crippen molar-refractivity contribution in [3.05, 3.63) is 29.3 Å². The van der Waals surface area contributed by atoms with Crippen molar-refractivity contribution in [3.63, 3.8) is 0 Å². The molecule has 0 aliphatic heterocycles. The van der Waals surface area contributed by atoms with Gasteiger partial charge in [-0.2, -0.15) is 0 Å². The third kappa shape index (κ3) is 4.23. The summed E-state index contributed by atoms with van der Waals surface area (Å²) in [6.45, 7) is 12.2. The average Bonchev–Trinajstić information content (AvgIpc) is 2.17. The minimum atomic E-state index is 0.132. The largest absolute Gasteiger partial charge is 0.494 e. The molecule has 0 bridgehead atoms. The fourth-order valence-electron chi connectivity index (χ4n) is 1.50. The summed E-state index contributed by atoms with van der Waals surface area (Å²) in [7, 11) is 0. The first-order valence-corrected chi connectivity index (χ1v) is 5.90. The molecule has 1 aromatic rings. The van der Waals surface area contributed by atoms with Gasteiger partial charge in [-0.1, -0.05) is 17.7 Å². The number of ether oxygens (including phenoxy) is 1. The van der Waals surface area contributed by atoms with Crippen LogP contribution in [0.4, 0.5) is 0 Å². The summed E-state index contributed by atoms with van der Waals surface area (Å²) in [5, 5.41) is 3.48. The monoisotopic (exact) mass is 221 g/mol. The Morgan fingerprint density at radius 2 is 1.94 bits per heavy atom. The highest BCUT2D eigenvalue weighted by molar-refractivity contribution is 5.36. The lowest BCUT2D eigenvalue weighted by Gasteiger charge is -2.21. The van der Waals surface area contributed by atoms with Gasteiger partial charge in [-0.05, 0) is 40.7 Å². The molecular weight excluding hydrogens is 198 g/mol. The van der Waals surface area contributed by atoms with E-state index < -0.39 is 0 Å². The minimum Gasteiger partial charge on any atom is -0.494 e. The van der Waals surface area contributed by atoms with Crippen LogP contribution in [-0.4, -0.2) is 12.1 Å². The van der Waals surface area contributed by atoms with E-state index in [-0.39, 0.29) is 5.54 Å². The van der Waals surface area contributed by atoms with Crippen LogP contribution in [0.2, 0.25) is 0 Å². The van der Waals surface area contributed by atoms with Gasteiger partial charge in [-0.3, -0.25) is 0 Å². The Hall–Kier alpha value is -1.02. The average molecular weight is 221 g/mol. The Labute approximate surface area is 99.0 Å². The molecule has 0 heterocycles. The SMILES string of the molecule is CCOc1ccc(C)cc1CNC(C)(C)C. The Bertz CT molecular complexity index is 339. The number of nitrogens with one attached hydrogen (secondary N) is 1. The normalized spacial score (nSPS) is 11.6. The molecule has 0 atom stereocenters. The molecule has 1 rings (SSSR count). The van der Waals surface area contributed by atoms with E-state index in [1.54, 1.807) is 0 Å². The number of hydrogen-bond acceptors (Lipinski definition) is 2. The highest BCUT2D eigenvalue weighted by atomic mass is 16.5. The lowest BCUT2D eigenvalue weighted by molar-refractivity contribution is 0.332. The molecule has 0 aromatic heterocycles. The van der Waals surface area contributed by atoms with Crippen molar-refractivity contribution in [1.82, 2.24) is 5.32 Å². The number of hydrogen-bond donors (Lipinski definition) is 1. The topological polar surface area (TPSA) is 21.3 Å². The van der Waals surface area contributed by atoms with E-state index in [1.165, 1.54) is 11.1 Å². The molecule has 2 heteroatoms. The van der Waals surface area contributed by atoms with Crippen LogP contribution in [-0.2, 0) is 6.54 Å². The molecule has 0 saturated carbocycles. The predicted octanol–water partition coefficient (Wildman–Crippen LogP) is 3.28. The van der Waals surface area contributed by atoms with Gasteiger partial charge in [0.15, 0.2) is 0 Å². The number of rotatable bonds is 4. The molecule has 90 valence electrons. The van der Waals surface area contributed by atoms with Gasteiger partial charge < -0.3 is 10.1 Å². The molecule has 0 fully saturated rings. The second-order valence-electron chi connectivity index (χ2n) is 5.15. The third-order valence-corrected chi connectivity index (χ3v) is 2.32. The zero-order chi connectivity index (χ0) is 12.2. The highest BCUT2D eigenvalue weighted by Gasteiger charge is 2.10. The summed E-state index contributed by atoms with van der Waals surface area (Å²) in [5.41, 5.74) is 2.64. The first-order chi connectivity index (χ1) is 7.42. The maximum absolute atomic E-state index is 5.62. The van der Waals surface area contributed by atoms with Gasteiger partial charge in [0.05, 0.1) is 6.61 Å². The molecule has 0 aliphatic carbocycles. The lowest BCUT2D eigenvalue weighted by atomic mass is 10.1. The van der Waals surface area contributed by atoms with Crippen LogP contribution in [0.5, 0.6) is 5.75 Å². The van der Waals surface area contributed by atoms with Crippen LogP contribution in [0.25, 0.3) is 0 Å². The molecule has 0 amide bonds. The van der Waals surface area contributed by atoms with Crippen molar-refractivity contribution in [2.24, 2.45) is 0 Å². The van der Waals surface area contributed by atoms with Gasteiger partial charge in [-0.15, -0.1) is 0 Å². The molecule has 0 radical (unpaired) electrons. The van der Waals surface area contributed by atoms with Crippen LogP contribution in [0.15, 0.2) is 18.2 Å². The first kappa shape index (κ1) is 13.0. The van der Waals surface area contributed by atoms with E-state index >= 15 is 0 Å². The third-order valence-electron chi connectivity index (χ3n) is 2.32. The predicted molar refractivity (Wildman–Crippen MR) is 68.9 cm³/mol. The van der Waals surface area contributed by atoms with E-state index in [2.05, 4.69) is 51.2 Å². The van der Waals surface area contributed by atoms with Crippen molar-refractivity contribution in [2.75, 3.05) is 6.61 Å². The van der Waals surface area contributed by atoms with E-state index in [0.29, 0.717) is 6.61 Å². The standard InChI is InChI=1S/C14H23NO/c1-6-16-13-8-7-11(2)9-12(13)10-15-14(3,4)5/h7-9,15H,6,10H2,1-5H3. The van der Waals surface area contributed by atoms with Gasteiger partial charge in [0.1, 0.15) is 5.75 Å². The molecule has 0 unspecified atom stereocenters. The fourth-order valence-corrected chi connectivity index (χ4v) is 1.50. The second-order valence-corrected chi connectivity index (χ2v) is 5.15. The fraction of sp³-hybridized carbons (Fsp3) is 0.571. The summed E-state index contributed by atoms with van der Waals surface area (Å²) >= 11 is 0. The minimum absolute atomic E-state index is 0.132. The van der Waals surface area contributed by atoms with E-state index in [0.717, 1.165) is 12.3 Å². The second kappa shape index (κ2) is 5.35. The molecule has 1 N–H and O–H groups in total. The van der Waals surface area contributed by atoms with E-state index in [9.17, 15) is 0 Å². The summed E-state index contributed by atoms with van der Waals surface area (Å²) in [4.78, 5) is 0. The van der Waals surface area contributed by atoms with Gasteiger partial charge in [0.2, 0.25) is 0 Å². The Kier molecular flexibility index (Phi) is 4.36. The Balaban J connectivity index is 2.79. The smallest absolute Gasteiger partial charge is 0.123 e. The lowest BCUT2D eigenvalue weighted by Crippen LogP contribution is -2.35. The van der Waals surface area contributed by atoms with Crippen molar-refractivity contribution < 1.29 is 4.74 Å². The van der Waals surface area contributed by atoms with Crippen LogP contribution in [0.3, 0.4) is 0 Å². The molecule has 16 heavy (non-hydrogen) atoms. The van der Waals surface area contributed by atoms with Gasteiger partial charge in [0.25, 0.3) is 0 Å². The van der Waals surface area contributed by atoms with Crippen LogP contribution in [0, 0.1) is 6.92 Å². The van der Waals surface area contributed by atoms with Crippen LogP contribution >= 0.6 is 0 Å². The summed E-state index contributed by atoms with van der Waals surface area (Å²) < 4.78 is 5.62. The van der Waals surface area contributed by atoms with Crippen LogP contribution in [0.1, 0.15) is 38.8 Å². The molecular formula is C14H23NO. The van der Waals surface area contributed by atoms with Crippen molar-refractivity contribution in [3.8, 4) is 5.75 Å². The maximum Gasteiger partial charge on any atom is 0.123 e. The molecule has 2 nitrogen and oxygen atoms in total. The van der Waals surface area contributed by atoms with E-state index in [1.807, 2.05) is 6.92 Å². The van der Waals surface area contributed by atoms with Crippen molar-refractivity contribution in [2.45, 2.75) is 46.7 Å². The summed E-state index contributed by atoms with van der Waals surface area (Å²) in [5.74, 6) is 0.991. The molecule has 0 saturated heterocycles. The van der Waals surface area contributed by atoms with Crippen LogP contribution < -0.4 is 10.1 Å². The Morgan fingerprint density at radius 1 is 1.25 bits per heavy atom. The maximum atomic E-state index is 5.62. The summed E-state index contributed by atoms with van der Waals surface area (Å²) in [6, 6.07) is 6.33. The highest BCUT2D eigenvalue weighted by Crippen LogP contribution is 2.20. The molecule has 0 aliphatic rings. The quantitative estimate of drug-likeness (QED) is 0.842. The van der Waals surface area contributed by atoms with Gasteiger partial charge >= 0.3 is 0 Å². The van der Waals surface area contributed by atoms with Gasteiger partial charge in [0, 0.05) is 17.6 Å². The zero-order valence-electron chi connectivity index (χ0n) is 11.1. The van der Waals surface area contributed by atoms with E-state index in [4.69, 9.17) is 4.74 Å². The van der Waals surface area contributed by atoms with Crippen molar-refractivity contribution >= 4 is 0 Å².